The quantitative estimate of drug-likeness (QED) is 0.475. The van der Waals surface area contributed by atoms with Crippen LogP contribution in [-0.4, -0.2) is 49.9 Å². The van der Waals surface area contributed by atoms with Crippen LogP contribution in [0.5, 0.6) is 17.2 Å². The van der Waals surface area contributed by atoms with Crippen molar-refractivity contribution in [1.82, 2.24) is 10.1 Å². The van der Waals surface area contributed by atoms with Crippen molar-refractivity contribution in [3.63, 3.8) is 0 Å². The minimum Gasteiger partial charge on any atom is -0.497 e. The Morgan fingerprint density at radius 2 is 1.88 bits per heavy atom. The molecule has 1 amide bonds. The fourth-order valence-electron chi connectivity index (χ4n) is 3.61. The number of hydrogen-bond donors (Lipinski definition) is 0. The van der Waals surface area contributed by atoms with Gasteiger partial charge in [0.25, 0.3) is 5.89 Å². The van der Waals surface area contributed by atoms with Gasteiger partial charge >= 0.3 is 5.97 Å². The second-order valence-corrected chi connectivity index (χ2v) is 7.26. The second-order valence-electron chi connectivity index (χ2n) is 7.26. The monoisotopic (exact) mass is 453 g/mol. The van der Waals surface area contributed by atoms with Crippen molar-refractivity contribution in [2.75, 3.05) is 32.8 Å². The third-order valence-electron chi connectivity index (χ3n) is 5.29. The van der Waals surface area contributed by atoms with Crippen LogP contribution < -0.4 is 19.1 Å². The molecule has 10 heteroatoms. The van der Waals surface area contributed by atoms with E-state index in [1.54, 1.807) is 37.4 Å². The lowest BCUT2D eigenvalue weighted by atomic mass is 10.1. The Labute approximate surface area is 190 Å². The maximum Gasteiger partial charge on any atom is 0.311 e. The fourth-order valence-corrected chi connectivity index (χ4v) is 3.61. The molecule has 1 fully saturated rings. The highest BCUT2D eigenvalue weighted by Gasteiger charge is 2.37. The van der Waals surface area contributed by atoms with Crippen LogP contribution in [0.15, 0.2) is 47.0 Å². The van der Waals surface area contributed by atoms with E-state index in [9.17, 15) is 9.59 Å². The molecule has 10 nitrogen and oxygen atoms in total. The summed E-state index contributed by atoms with van der Waals surface area (Å²) in [5, 5.41) is 3.93. The molecule has 0 spiro atoms. The van der Waals surface area contributed by atoms with Crippen LogP contribution in [0.25, 0.3) is 11.4 Å². The number of benzene rings is 2. The number of aromatic nitrogens is 2. The van der Waals surface area contributed by atoms with Gasteiger partial charge in [-0.1, -0.05) is 17.3 Å². The van der Waals surface area contributed by atoms with Gasteiger partial charge in [0.05, 0.1) is 38.5 Å². The zero-order chi connectivity index (χ0) is 23.4. The second kappa shape index (κ2) is 9.60. The smallest absolute Gasteiger partial charge is 0.311 e. The number of nitrogens with zero attached hydrogens (tertiary/aromatic N) is 3. The van der Waals surface area contributed by atoms with E-state index in [0.717, 1.165) is 0 Å². The number of amides is 1. The summed E-state index contributed by atoms with van der Waals surface area (Å²) in [6, 6.07) is 12.4. The standard InChI is InChI=1S/C23H23N3O7/c1-29-15-8-9-16(19(11-15)31-3)22-24-20(33-25-22)13-32-23(28)14-10-21(27)26(12-14)17-6-4-5-7-18(17)30-2/h4-9,11,14H,10,12-13H2,1-3H3/t14-/m1/s1. The minimum atomic E-state index is -0.605. The molecule has 1 aliphatic rings. The third-order valence-corrected chi connectivity index (χ3v) is 5.29. The summed E-state index contributed by atoms with van der Waals surface area (Å²) in [6.45, 7) is -0.000176. The summed E-state index contributed by atoms with van der Waals surface area (Å²) in [4.78, 5) is 30.9. The Balaban J connectivity index is 1.39. The highest BCUT2D eigenvalue weighted by Crippen LogP contribution is 2.34. The molecule has 33 heavy (non-hydrogen) atoms. The minimum absolute atomic E-state index is 0.0506. The highest BCUT2D eigenvalue weighted by molar-refractivity contribution is 6.00. The lowest BCUT2D eigenvalue weighted by Crippen LogP contribution is -2.26. The largest absolute Gasteiger partial charge is 0.497 e. The van der Waals surface area contributed by atoms with Crippen LogP contribution in [0.1, 0.15) is 12.3 Å². The van der Waals surface area contributed by atoms with Gasteiger partial charge in [0.2, 0.25) is 11.7 Å². The Morgan fingerprint density at radius 3 is 2.64 bits per heavy atom. The summed E-state index contributed by atoms with van der Waals surface area (Å²) >= 11 is 0. The predicted molar refractivity (Wildman–Crippen MR) is 116 cm³/mol. The number of carbonyl (C=O) groups is 2. The van der Waals surface area contributed by atoms with Gasteiger partial charge in [-0.3, -0.25) is 9.59 Å². The zero-order valence-corrected chi connectivity index (χ0v) is 18.4. The van der Waals surface area contributed by atoms with Crippen LogP contribution in [0.3, 0.4) is 0 Å². The molecule has 1 saturated heterocycles. The Morgan fingerprint density at radius 1 is 1.09 bits per heavy atom. The highest BCUT2D eigenvalue weighted by atomic mass is 16.6. The van der Waals surface area contributed by atoms with E-state index in [4.69, 9.17) is 23.5 Å². The van der Waals surface area contributed by atoms with Gasteiger partial charge in [-0.25, -0.2) is 0 Å². The van der Waals surface area contributed by atoms with E-state index in [2.05, 4.69) is 10.1 Å². The van der Waals surface area contributed by atoms with Gasteiger partial charge in [-0.2, -0.15) is 4.98 Å². The molecule has 1 aromatic heterocycles. The maximum atomic E-state index is 12.6. The van der Waals surface area contributed by atoms with Crippen LogP contribution in [-0.2, 0) is 20.9 Å². The average Bonchev–Trinajstić information content (AvgIpc) is 3.48. The average molecular weight is 453 g/mol. The molecule has 0 aliphatic carbocycles. The topological polar surface area (TPSA) is 113 Å². The number of esters is 1. The van der Waals surface area contributed by atoms with Crippen LogP contribution >= 0.6 is 0 Å². The van der Waals surface area contributed by atoms with Crippen molar-refractivity contribution < 1.29 is 33.1 Å². The van der Waals surface area contributed by atoms with E-state index in [1.165, 1.54) is 19.1 Å². The number of anilines is 1. The molecular formula is C23H23N3O7. The van der Waals surface area contributed by atoms with Gasteiger partial charge in [-0.05, 0) is 24.3 Å². The number of carbonyl (C=O) groups excluding carboxylic acids is 2. The van der Waals surface area contributed by atoms with Gasteiger partial charge in [0, 0.05) is 19.0 Å². The SMILES string of the molecule is COc1ccc(-c2noc(COC(=O)[C@@H]3CC(=O)N(c4ccccc4OC)C3)n2)c(OC)c1. The summed E-state index contributed by atoms with van der Waals surface area (Å²) in [7, 11) is 4.62. The number of hydrogen-bond acceptors (Lipinski definition) is 9. The molecule has 4 rings (SSSR count). The molecule has 1 aliphatic heterocycles. The number of ether oxygens (including phenoxy) is 4. The molecule has 0 unspecified atom stereocenters. The van der Waals surface area contributed by atoms with E-state index in [1.807, 2.05) is 12.1 Å². The number of para-hydroxylation sites is 2. The summed E-state index contributed by atoms with van der Waals surface area (Å²) < 4.78 is 26.4. The molecule has 3 aromatic rings. The first-order valence-electron chi connectivity index (χ1n) is 10.2. The first kappa shape index (κ1) is 22.1. The Kier molecular flexibility index (Phi) is 6.43. The van der Waals surface area contributed by atoms with E-state index in [-0.39, 0.29) is 31.4 Å². The van der Waals surface area contributed by atoms with Crippen molar-refractivity contribution in [3.8, 4) is 28.6 Å². The molecule has 172 valence electrons. The van der Waals surface area contributed by atoms with Gasteiger partial charge < -0.3 is 28.4 Å². The van der Waals surface area contributed by atoms with E-state index < -0.39 is 11.9 Å². The third kappa shape index (κ3) is 4.59. The van der Waals surface area contributed by atoms with Gasteiger partial charge in [0.15, 0.2) is 6.61 Å². The number of methoxy groups -OCH3 is 3. The molecule has 0 N–H and O–H groups in total. The zero-order valence-electron chi connectivity index (χ0n) is 18.4. The first-order valence-corrected chi connectivity index (χ1v) is 10.2. The van der Waals surface area contributed by atoms with E-state index >= 15 is 0 Å². The summed E-state index contributed by atoms with van der Waals surface area (Å²) in [5.74, 6) is 0.830. The molecule has 0 saturated carbocycles. The molecule has 0 radical (unpaired) electrons. The normalized spacial score (nSPS) is 15.4. The Bertz CT molecular complexity index is 1160. The van der Waals surface area contributed by atoms with Crippen LogP contribution in [0.4, 0.5) is 5.69 Å². The lowest BCUT2D eigenvalue weighted by Gasteiger charge is -2.19. The Hall–Kier alpha value is -4.08. The van der Waals surface area contributed by atoms with Crippen LogP contribution in [0, 0.1) is 5.92 Å². The lowest BCUT2D eigenvalue weighted by molar-refractivity contribution is -0.150. The van der Waals surface area contributed by atoms with Crippen molar-refractivity contribution >= 4 is 17.6 Å². The van der Waals surface area contributed by atoms with Crippen LogP contribution in [0.2, 0.25) is 0 Å². The van der Waals surface area contributed by atoms with Crippen molar-refractivity contribution in [2.24, 2.45) is 5.92 Å². The summed E-state index contributed by atoms with van der Waals surface area (Å²) in [6.07, 6.45) is 0.0506. The van der Waals surface area contributed by atoms with Crippen molar-refractivity contribution in [3.05, 3.63) is 48.4 Å². The maximum absolute atomic E-state index is 12.6. The van der Waals surface area contributed by atoms with Gasteiger partial charge in [-0.15, -0.1) is 0 Å². The van der Waals surface area contributed by atoms with Gasteiger partial charge in [0.1, 0.15) is 17.2 Å². The van der Waals surface area contributed by atoms with Crippen molar-refractivity contribution in [2.45, 2.75) is 13.0 Å². The molecular weight excluding hydrogens is 430 g/mol. The molecule has 1 atom stereocenters. The fraction of sp³-hybridized carbons (Fsp3) is 0.304. The molecule has 2 aromatic carbocycles. The summed E-state index contributed by atoms with van der Waals surface area (Å²) in [5.41, 5.74) is 1.23. The number of rotatable bonds is 8. The first-order chi connectivity index (χ1) is 16.0. The van der Waals surface area contributed by atoms with Crippen molar-refractivity contribution in [1.29, 1.82) is 0 Å². The predicted octanol–water partition coefficient (Wildman–Crippen LogP) is 2.86. The molecule has 0 bridgehead atoms. The molecule has 2 heterocycles. The van der Waals surface area contributed by atoms with E-state index in [0.29, 0.717) is 34.3 Å².